The maximum atomic E-state index is 4.10. The van der Waals surface area contributed by atoms with Gasteiger partial charge in [0, 0.05) is 5.39 Å². The maximum absolute atomic E-state index is 4.10. The fourth-order valence-corrected chi connectivity index (χ4v) is 2.24. The summed E-state index contributed by atoms with van der Waals surface area (Å²) >= 11 is 3.86. The van der Waals surface area contributed by atoms with E-state index in [0.29, 0.717) is 0 Å². The first kappa shape index (κ1) is 6.48. The minimum Gasteiger partial charge on any atom is -0.230 e. The van der Waals surface area contributed by atoms with Gasteiger partial charge in [0.05, 0.1) is 0 Å². The van der Waals surface area contributed by atoms with Gasteiger partial charge in [-0.2, -0.15) is 0 Å². The number of rotatable bonds is 0. The summed E-state index contributed by atoms with van der Waals surface area (Å²) in [6.45, 7) is 0. The molecule has 0 aliphatic heterocycles. The number of hydrogen-bond acceptors (Lipinski definition) is 3. The quantitative estimate of drug-likeness (QED) is 0.537. The van der Waals surface area contributed by atoms with Crippen molar-refractivity contribution in [2.75, 3.05) is 0 Å². The molecule has 0 amide bonds. The standard InChI is InChI=1S/C6H3IN2S/c7-5-4-1-2-10-6(4)9-3-8-5/h1-3H. The summed E-state index contributed by atoms with van der Waals surface area (Å²) in [6, 6.07) is 2.04. The Kier molecular flexibility index (Phi) is 1.57. The van der Waals surface area contributed by atoms with Crippen molar-refractivity contribution in [2.45, 2.75) is 0 Å². The zero-order chi connectivity index (χ0) is 6.97. The molecule has 10 heavy (non-hydrogen) atoms. The van der Waals surface area contributed by atoms with E-state index in [-0.39, 0.29) is 0 Å². The molecule has 0 atom stereocenters. The molecule has 0 radical (unpaired) electrons. The van der Waals surface area contributed by atoms with Gasteiger partial charge in [0.25, 0.3) is 0 Å². The topological polar surface area (TPSA) is 25.8 Å². The van der Waals surface area contributed by atoms with Crippen molar-refractivity contribution in [2.24, 2.45) is 0 Å². The van der Waals surface area contributed by atoms with Crippen LogP contribution in [0.4, 0.5) is 0 Å². The van der Waals surface area contributed by atoms with Crippen LogP contribution in [0.1, 0.15) is 0 Å². The predicted octanol–water partition coefficient (Wildman–Crippen LogP) is 2.30. The first-order chi connectivity index (χ1) is 4.88. The van der Waals surface area contributed by atoms with E-state index in [0.717, 1.165) is 13.9 Å². The summed E-state index contributed by atoms with van der Waals surface area (Å²) in [5.74, 6) is 0. The van der Waals surface area contributed by atoms with Crippen LogP contribution in [-0.4, -0.2) is 9.97 Å². The van der Waals surface area contributed by atoms with Gasteiger partial charge in [0.2, 0.25) is 0 Å². The number of thiophene rings is 1. The van der Waals surface area contributed by atoms with E-state index in [1.165, 1.54) is 0 Å². The molecule has 0 unspecified atom stereocenters. The van der Waals surface area contributed by atoms with Gasteiger partial charge in [-0.05, 0) is 34.0 Å². The van der Waals surface area contributed by atoms with Gasteiger partial charge in [0.1, 0.15) is 14.9 Å². The van der Waals surface area contributed by atoms with Gasteiger partial charge in [0.15, 0.2) is 0 Å². The molecule has 2 rings (SSSR count). The first-order valence-corrected chi connectivity index (χ1v) is 4.67. The molecule has 50 valence electrons. The normalized spacial score (nSPS) is 10.5. The number of halogens is 1. The van der Waals surface area contributed by atoms with Crippen molar-refractivity contribution in [3.05, 3.63) is 21.5 Å². The Hall–Kier alpha value is -0.230. The molecule has 0 N–H and O–H groups in total. The third-order valence-corrected chi connectivity index (χ3v) is 2.89. The highest BCUT2D eigenvalue weighted by Gasteiger charge is 1.98. The van der Waals surface area contributed by atoms with Crippen molar-refractivity contribution in [1.29, 1.82) is 0 Å². The molecule has 2 aromatic heterocycles. The third kappa shape index (κ3) is 0.911. The first-order valence-electron chi connectivity index (χ1n) is 2.71. The largest absolute Gasteiger partial charge is 0.230 e. The second-order valence-corrected chi connectivity index (χ2v) is 3.72. The van der Waals surface area contributed by atoms with Crippen LogP contribution in [0, 0.1) is 3.70 Å². The second kappa shape index (κ2) is 2.43. The molecule has 0 saturated carbocycles. The van der Waals surface area contributed by atoms with Gasteiger partial charge in [-0.3, -0.25) is 0 Å². The van der Waals surface area contributed by atoms with Gasteiger partial charge in [-0.1, -0.05) is 0 Å². The second-order valence-electron chi connectivity index (χ2n) is 1.80. The van der Waals surface area contributed by atoms with Crippen LogP contribution < -0.4 is 0 Å². The van der Waals surface area contributed by atoms with Crippen LogP contribution in [0.15, 0.2) is 17.8 Å². The molecule has 0 spiro atoms. The highest BCUT2D eigenvalue weighted by molar-refractivity contribution is 14.1. The zero-order valence-corrected chi connectivity index (χ0v) is 7.89. The van der Waals surface area contributed by atoms with E-state index in [4.69, 9.17) is 0 Å². The summed E-state index contributed by atoms with van der Waals surface area (Å²) in [5, 5.41) is 3.19. The van der Waals surface area contributed by atoms with E-state index in [2.05, 4.69) is 32.6 Å². The lowest BCUT2D eigenvalue weighted by atomic mass is 10.4. The highest BCUT2D eigenvalue weighted by Crippen LogP contribution is 2.20. The van der Waals surface area contributed by atoms with Gasteiger partial charge in [-0.15, -0.1) is 11.3 Å². The van der Waals surface area contributed by atoms with E-state index >= 15 is 0 Å². The summed E-state index contributed by atoms with van der Waals surface area (Å²) < 4.78 is 1.03. The molecule has 0 aliphatic carbocycles. The molecule has 2 aromatic rings. The van der Waals surface area contributed by atoms with E-state index in [1.807, 2.05) is 11.4 Å². The average Bonchev–Trinajstić information content (AvgIpc) is 2.36. The van der Waals surface area contributed by atoms with Gasteiger partial charge < -0.3 is 0 Å². The van der Waals surface area contributed by atoms with Crippen molar-refractivity contribution in [1.82, 2.24) is 9.97 Å². The molecule has 0 aliphatic rings. The van der Waals surface area contributed by atoms with Gasteiger partial charge in [-0.25, -0.2) is 9.97 Å². The Balaban J connectivity index is 2.95. The molecular formula is C6H3IN2S. The molecule has 0 bridgehead atoms. The lowest BCUT2D eigenvalue weighted by Gasteiger charge is -1.88. The molecular weight excluding hydrogens is 259 g/mol. The van der Waals surface area contributed by atoms with Crippen LogP contribution in [-0.2, 0) is 0 Å². The van der Waals surface area contributed by atoms with Crippen LogP contribution in [0.3, 0.4) is 0 Å². The summed E-state index contributed by atoms with van der Waals surface area (Å²) in [6.07, 6.45) is 1.60. The molecule has 0 fully saturated rings. The van der Waals surface area contributed by atoms with E-state index < -0.39 is 0 Å². The van der Waals surface area contributed by atoms with E-state index in [1.54, 1.807) is 17.7 Å². The molecule has 2 nitrogen and oxygen atoms in total. The van der Waals surface area contributed by atoms with Crippen molar-refractivity contribution in [3.8, 4) is 0 Å². The van der Waals surface area contributed by atoms with Crippen molar-refractivity contribution < 1.29 is 0 Å². The van der Waals surface area contributed by atoms with Crippen LogP contribution in [0.5, 0.6) is 0 Å². The fourth-order valence-electron chi connectivity index (χ4n) is 0.760. The van der Waals surface area contributed by atoms with Crippen molar-refractivity contribution in [3.63, 3.8) is 0 Å². The number of hydrogen-bond donors (Lipinski definition) is 0. The van der Waals surface area contributed by atoms with Crippen molar-refractivity contribution >= 4 is 44.1 Å². The minimum absolute atomic E-state index is 1.03. The Morgan fingerprint density at radius 2 is 2.30 bits per heavy atom. The van der Waals surface area contributed by atoms with Gasteiger partial charge >= 0.3 is 0 Å². The summed E-state index contributed by atoms with van der Waals surface area (Å²) in [4.78, 5) is 9.24. The Labute approximate surface area is 75.5 Å². The molecule has 0 saturated heterocycles. The Morgan fingerprint density at radius 1 is 1.40 bits per heavy atom. The van der Waals surface area contributed by atoms with E-state index in [9.17, 15) is 0 Å². The highest BCUT2D eigenvalue weighted by atomic mass is 127. The number of fused-ring (bicyclic) bond motifs is 1. The fraction of sp³-hybridized carbons (Fsp3) is 0. The average molecular weight is 262 g/mol. The summed E-state index contributed by atoms with van der Waals surface area (Å²) in [7, 11) is 0. The molecule has 2 heterocycles. The smallest absolute Gasteiger partial charge is 0.127 e. The predicted molar refractivity (Wildman–Crippen MR) is 50.1 cm³/mol. The lowest BCUT2D eigenvalue weighted by Crippen LogP contribution is -1.80. The number of aromatic nitrogens is 2. The lowest BCUT2D eigenvalue weighted by molar-refractivity contribution is 1.20. The molecule has 0 aromatic carbocycles. The third-order valence-electron chi connectivity index (χ3n) is 1.21. The van der Waals surface area contributed by atoms with Crippen LogP contribution >= 0.6 is 33.9 Å². The Morgan fingerprint density at radius 3 is 3.10 bits per heavy atom. The zero-order valence-electron chi connectivity index (χ0n) is 4.91. The molecule has 4 heteroatoms. The monoisotopic (exact) mass is 262 g/mol. The SMILES string of the molecule is Ic1ncnc2sccc12. The number of nitrogens with zero attached hydrogens (tertiary/aromatic N) is 2. The van der Waals surface area contributed by atoms with Crippen LogP contribution in [0.25, 0.3) is 10.2 Å². The summed E-state index contributed by atoms with van der Waals surface area (Å²) in [5.41, 5.74) is 0. The van der Waals surface area contributed by atoms with Crippen LogP contribution in [0.2, 0.25) is 0 Å². The Bertz CT molecular complexity index is 357. The minimum atomic E-state index is 1.03. The maximum Gasteiger partial charge on any atom is 0.127 e.